The molecule has 4 nitrogen and oxygen atoms in total. The van der Waals surface area contributed by atoms with Crippen LogP contribution in [0.5, 0.6) is 0 Å². The highest BCUT2D eigenvalue weighted by Crippen LogP contribution is 2.19. The fraction of sp³-hybridized carbons (Fsp3) is 0.500. The molecule has 0 fully saturated rings. The van der Waals surface area contributed by atoms with Gasteiger partial charge in [-0.25, -0.2) is 0 Å². The van der Waals surface area contributed by atoms with Crippen LogP contribution in [0, 0.1) is 13.8 Å². The molecule has 1 amide bonds. The first-order valence-electron chi connectivity index (χ1n) is 8.68. The van der Waals surface area contributed by atoms with Crippen LogP contribution in [0.25, 0.3) is 0 Å². The molecule has 4 heteroatoms. The quantitative estimate of drug-likeness (QED) is 0.872. The Kier molecular flexibility index (Phi) is 5.81. The van der Waals surface area contributed by atoms with Gasteiger partial charge >= 0.3 is 0 Å². The molecule has 1 atom stereocenters. The summed E-state index contributed by atoms with van der Waals surface area (Å²) < 4.78 is 1.88. The Labute approximate surface area is 145 Å². The molecule has 0 bridgehead atoms. The minimum Gasteiger partial charge on any atom is -0.350 e. The zero-order valence-corrected chi connectivity index (χ0v) is 15.7. The minimum atomic E-state index is 0.0230. The van der Waals surface area contributed by atoms with Crippen molar-refractivity contribution < 1.29 is 4.79 Å². The third-order valence-corrected chi connectivity index (χ3v) is 4.74. The first-order valence-corrected chi connectivity index (χ1v) is 8.68. The van der Waals surface area contributed by atoms with E-state index in [2.05, 4.69) is 48.5 Å². The topological polar surface area (TPSA) is 46.9 Å². The predicted molar refractivity (Wildman–Crippen MR) is 98.1 cm³/mol. The van der Waals surface area contributed by atoms with Crippen molar-refractivity contribution in [1.82, 2.24) is 15.1 Å². The van der Waals surface area contributed by atoms with E-state index in [4.69, 9.17) is 0 Å². The third-order valence-electron chi connectivity index (χ3n) is 4.74. The van der Waals surface area contributed by atoms with Crippen molar-refractivity contribution in [3.63, 3.8) is 0 Å². The van der Waals surface area contributed by atoms with Crippen molar-refractivity contribution in [2.45, 2.75) is 59.4 Å². The summed E-state index contributed by atoms with van der Waals surface area (Å²) in [6.07, 6.45) is 1.22. The largest absolute Gasteiger partial charge is 0.350 e. The van der Waals surface area contributed by atoms with Gasteiger partial charge in [0.15, 0.2) is 0 Å². The molecule has 24 heavy (non-hydrogen) atoms. The Balaban J connectivity index is 1.91. The molecule has 130 valence electrons. The average molecular weight is 327 g/mol. The fourth-order valence-electron chi connectivity index (χ4n) is 2.98. The summed E-state index contributed by atoms with van der Waals surface area (Å²) in [4.78, 5) is 12.3. The second kappa shape index (κ2) is 7.65. The zero-order valence-electron chi connectivity index (χ0n) is 15.7. The number of aryl methyl sites for hydroxylation is 2. The molecule has 1 N–H and O–H groups in total. The number of nitrogens with zero attached hydrogens (tertiary/aromatic N) is 2. The highest BCUT2D eigenvalue weighted by molar-refractivity contribution is 5.76. The number of benzene rings is 1. The molecule has 0 radical (unpaired) electrons. The number of nitrogens with one attached hydrogen (secondary N) is 1. The Hall–Kier alpha value is -2.10. The van der Waals surface area contributed by atoms with Gasteiger partial charge in [0.2, 0.25) is 5.91 Å². The molecule has 0 saturated heterocycles. The van der Waals surface area contributed by atoms with Crippen molar-refractivity contribution in [3.05, 3.63) is 52.3 Å². The number of carbonyl (C=O) groups is 1. The van der Waals surface area contributed by atoms with E-state index in [1.807, 2.05) is 32.5 Å². The minimum absolute atomic E-state index is 0.0230. The first kappa shape index (κ1) is 18.2. The van der Waals surface area contributed by atoms with E-state index in [0.29, 0.717) is 12.3 Å². The highest BCUT2D eigenvalue weighted by atomic mass is 16.1. The Bertz CT molecular complexity index is 698. The molecule has 1 unspecified atom stereocenters. The van der Waals surface area contributed by atoms with Gasteiger partial charge in [0.25, 0.3) is 0 Å². The maximum absolute atomic E-state index is 12.3. The number of rotatable bonds is 6. The van der Waals surface area contributed by atoms with E-state index in [1.54, 1.807) is 0 Å². The fourth-order valence-corrected chi connectivity index (χ4v) is 2.98. The van der Waals surface area contributed by atoms with Gasteiger partial charge in [-0.15, -0.1) is 0 Å². The summed E-state index contributed by atoms with van der Waals surface area (Å²) >= 11 is 0. The van der Waals surface area contributed by atoms with Crippen LogP contribution in [0.1, 0.15) is 67.2 Å². The Morgan fingerprint density at radius 1 is 1.12 bits per heavy atom. The molecule has 1 aromatic carbocycles. The van der Waals surface area contributed by atoms with E-state index < -0.39 is 0 Å². The SMILES string of the molecule is Cc1nn(C)c(C)c1CCC(=O)NC(C)c1ccc(C(C)C)cc1. The lowest BCUT2D eigenvalue weighted by molar-refractivity contribution is -0.121. The molecule has 2 rings (SSSR count). The van der Waals surface area contributed by atoms with E-state index in [1.165, 1.54) is 11.1 Å². The molecule has 0 saturated carbocycles. The lowest BCUT2D eigenvalue weighted by Crippen LogP contribution is -2.26. The maximum atomic E-state index is 12.3. The van der Waals surface area contributed by atoms with Crippen molar-refractivity contribution in [2.75, 3.05) is 0 Å². The Morgan fingerprint density at radius 3 is 2.21 bits per heavy atom. The molecule has 1 aromatic heterocycles. The normalized spacial score (nSPS) is 12.5. The summed E-state index contributed by atoms with van der Waals surface area (Å²) in [7, 11) is 1.94. The molecule has 0 spiro atoms. The van der Waals surface area contributed by atoms with Gasteiger partial charge in [-0.1, -0.05) is 38.1 Å². The van der Waals surface area contributed by atoms with Gasteiger partial charge in [-0.3, -0.25) is 9.48 Å². The second-order valence-electron chi connectivity index (χ2n) is 6.88. The predicted octanol–water partition coefficient (Wildman–Crippen LogP) is 3.97. The number of hydrogen-bond acceptors (Lipinski definition) is 2. The first-order chi connectivity index (χ1) is 11.3. The van der Waals surface area contributed by atoms with E-state index in [9.17, 15) is 4.79 Å². The standard InChI is InChI=1S/C20H29N3O/c1-13(2)17-7-9-18(10-8-17)14(3)21-20(24)12-11-19-15(4)22-23(6)16(19)5/h7-10,13-14H,11-12H2,1-6H3,(H,21,24). The lowest BCUT2D eigenvalue weighted by atomic mass is 9.99. The molecular formula is C20H29N3O. The van der Waals surface area contributed by atoms with Crippen LogP contribution in [-0.2, 0) is 18.3 Å². The highest BCUT2D eigenvalue weighted by Gasteiger charge is 2.13. The summed E-state index contributed by atoms with van der Waals surface area (Å²) in [5.74, 6) is 0.605. The van der Waals surface area contributed by atoms with Gasteiger partial charge in [-0.05, 0) is 49.8 Å². The van der Waals surface area contributed by atoms with Crippen molar-refractivity contribution in [3.8, 4) is 0 Å². The summed E-state index contributed by atoms with van der Waals surface area (Å²) in [5.41, 5.74) is 5.79. The van der Waals surface area contributed by atoms with Crippen LogP contribution >= 0.6 is 0 Å². The van der Waals surface area contributed by atoms with Crippen molar-refractivity contribution in [1.29, 1.82) is 0 Å². The third kappa shape index (κ3) is 4.25. The van der Waals surface area contributed by atoms with Crippen LogP contribution < -0.4 is 5.32 Å². The van der Waals surface area contributed by atoms with Crippen LogP contribution in [0.15, 0.2) is 24.3 Å². The lowest BCUT2D eigenvalue weighted by Gasteiger charge is -2.15. The zero-order chi connectivity index (χ0) is 17.9. The summed E-state index contributed by atoms with van der Waals surface area (Å²) in [6, 6.07) is 8.52. The molecule has 0 aliphatic rings. The van der Waals surface area contributed by atoms with Crippen LogP contribution in [0.3, 0.4) is 0 Å². The van der Waals surface area contributed by atoms with Gasteiger partial charge in [0, 0.05) is 19.2 Å². The van der Waals surface area contributed by atoms with Gasteiger partial charge in [-0.2, -0.15) is 5.10 Å². The van der Waals surface area contributed by atoms with E-state index >= 15 is 0 Å². The van der Waals surface area contributed by atoms with E-state index in [0.717, 1.165) is 23.4 Å². The molecule has 0 aliphatic heterocycles. The van der Waals surface area contributed by atoms with Crippen molar-refractivity contribution in [2.24, 2.45) is 7.05 Å². The van der Waals surface area contributed by atoms with E-state index in [-0.39, 0.29) is 11.9 Å². The number of aromatic nitrogens is 2. The molecule has 2 aromatic rings. The average Bonchev–Trinajstić information content (AvgIpc) is 2.78. The molecule has 0 aliphatic carbocycles. The van der Waals surface area contributed by atoms with Gasteiger partial charge in [0.1, 0.15) is 0 Å². The maximum Gasteiger partial charge on any atom is 0.220 e. The summed E-state index contributed by atoms with van der Waals surface area (Å²) in [5, 5.41) is 7.50. The van der Waals surface area contributed by atoms with Crippen LogP contribution in [0.2, 0.25) is 0 Å². The van der Waals surface area contributed by atoms with Gasteiger partial charge in [0.05, 0.1) is 11.7 Å². The van der Waals surface area contributed by atoms with Crippen molar-refractivity contribution >= 4 is 5.91 Å². The van der Waals surface area contributed by atoms with Gasteiger partial charge < -0.3 is 5.32 Å². The monoisotopic (exact) mass is 327 g/mol. The smallest absolute Gasteiger partial charge is 0.220 e. The number of hydrogen-bond donors (Lipinski definition) is 1. The Morgan fingerprint density at radius 2 is 1.71 bits per heavy atom. The second-order valence-corrected chi connectivity index (χ2v) is 6.88. The number of amides is 1. The number of carbonyl (C=O) groups excluding carboxylic acids is 1. The summed E-state index contributed by atoms with van der Waals surface area (Å²) in [6.45, 7) is 10.4. The molecular weight excluding hydrogens is 298 g/mol. The molecule has 1 heterocycles. The van der Waals surface area contributed by atoms with Crippen LogP contribution in [0.4, 0.5) is 0 Å². The van der Waals surface area contributed by atoms with Crippen LogP contribution in [-0.4, -0.2) is 15.7 Å².